The third-order valence-electron chi connectivity index (χ3n) is 3.73. The molecule has 6 heteroatoms. The summed E-state index contributed by atoms with van der Waals surface area (Å²) < 4.78 is 6.35. The minimum absolute atomic E-state index is 0.0701. The number of amides is 1. The first-order valence-electron chi connectivity index (χ1n) is 6.51. The highest BCUT2D eigenvalue weighted by atomic mass is 79.9. The van der Waals surface area contributed by atoms with Crippen LogP contribution in [0.5, 0.6) is 5.75 Å². The van der Waals surface area contributed by atoms with Gasteiger partial charge in [-0.15, -0.1) is 0 Å². The first-order valence-corrected chi connectivity index (χ1v) is 7.31. The number of carbonyl (C=O) groups excluding carboxylic acids is 1. The summed E-state index contributed by atoms with van der Waals surface area (Å²) in [5, 5.41) is 11.8. The van der Waals surface area contributed by atoms with Crippen molar-refractivity contribution >= 4 is 27.8 Å². The summed E-state index contributed by atoms with van der Waals surface area (Å²) in [4.78, 5) is 23.5. The first kappa shape index (κ1) is 13.4. The number of hydrogen-bond acceptors (Lipinski definition) is 3. The average Bonchev–Trinajstić information content (AvgIpc) is 3.15. The van der Waals surface area contributed by atoms with Crippen LogP contribution < -0.4 is 10.1 Å². The van der Waals surface area contributed by atoms with Crippen LogP contribution in [0.3, 0.4) is 0 Å². The number of hydrogen-bond donors (Lipinski definition) is 2. The monoisotopic (exact) mass is 339 g/mol. The molecule has 2 aliphatic rings. The van der Waals surface area contributed by atoms with E-state index in [2.05, 4.69) is 21.2 Å². The number of rotatable bonds is 4. The van der Waals surface area contributed by atoms with Gasteiger partial charge in [0.05, 0.1) is 0 Å². The first-order chi connectivity index (χ1) is 9.56. The summed E-state index contributed by atoms with van der Waals surface area (Å²) in [7, 11) is 0. The molecule has 1 fully saturated rings. The van der Waals surface area contributed by atoms with Gasteiger partial charge in [0, 0.05) is 10.0 Å². The molecule has 0 bridgehead atoms. The van der Waals surface area contributed by atoms with Crippen LogP contribution in [0, 0.1) is 5.92 Å². The zero-order valence-electron chi connectivity index (χ0n) is 10.6. The number of nitrogens with one attached hydrogen (secondary N) is 1. The zero-order valence-corrected chi connectivity index (χ0v) is 12.2. The number of ether oxygens (including phenoxy) is 1. The number of aliphatic carboxylic acids is 1. The second kappa shape index (κ2) is 5.09. The summed E-state index contributed by atoms with van der Waals surface area (Å²) in [5.74, 6) is -0.925. The van der Waals surface area contributed by atoms with E-state index in [9.17, 15) is 9.59 Å². The summed E-state index contributed by atoms with van der Waals surface area (Å²) in [5.41, 5.74) is 0.803. The van der Waals surface area contributed by atoms with Gasteiger partial charge in [-0.2, -0.15) is 0 Å². The molecule has 2 N–H and O–H groups in total. The molecule has 0 saturated heterocycles. The lowest BCUT2D eigenvalue weighted by Gasteiger charge is -2.16. The quantitative estimate of drug-likeness (QED) is 0.878. The van der Waals surface area contributed by atoms with Crippen molar-refractivity contribution in [1.82, 2.24) is 5.32 Å². The zero-order chi connectivity index (χ0) is 14.3. The Morgan fingerprint density at radius 1 is 1.40 bits per heavy atom. The lowest BCUT2D eigenvalue weighted by Crippen LogP contribution is -2.44. The molecule has 2 unspecified atom stereocenters. The third kappa shape index (κ3) is 2.52. The topological polar surface area (TPSA) is 75.6 Å². The largest absolute Gasteiger partial charge is 0.492 e. The summed E-state index contributed by atoms with van der Waals surface area (Å²) >= 11 is 3.37. The number of halogens is 1. The minimum atomic E-state index is -0.964. The maximum atomic E-state index is 12.3. The van der Waals surface area contributed by atoms with Crippen molar-refractivity contribution in [3.8, 4) is 5.75 Å². The van der Waals surface area contributed by atoms with Crippen molar-refractivity contribution < 1.29 is 19.4 Å². The highest BCUT2D eigenvalue weighted by Crippen LogP contribution is 2.37. The van der Waals surface area contributed by atoms with Gasteiger partial charge in [0.1, 0.15) is 24.3 Å². The van der Waals surface area contributed by atoms with E-state index >= 15 is 0 Å². The Bertz CT molecular complexity index is 570. The SMILES string of the molecule is O=C(NC(C(=O)O)C1CC1)C1COc2ccc(Br)cc21. The van der Waals surface area contributed by atoms with E-state index < -0.39 is 17.9 Å². The molecule has 20 heavy (non-hydrogen) atoms. The normalized spacial score (nSPS) is 21.8. The number of carboxylic acids is 1. The van der Waals surface area contributed by atoms with Gasteiger partial charge < -0.3 is 15.2 Å². The van der Waals surface area contributed by atoms with E-state index in [1.807, 2.05) is 18.2 Å². The van der Waals surface area contributed by atoms with Crippen LogP contribution in [-0.4, -0.2) is 29.6 Å². The fourth-order valence-corrected chi connectivity index (χ4v) is 2.85. The van der Waals surface area contributed by atoms with Gasteiger partial charge >= 0.3 is 5.97 Å². The highest BCUT2D eigenvalue weighted by molar-refractivity contribution is 9.10. The molecule has 0 aromatic heterocycles. The molecule has 106 valence electrons. The second-order valence-electron chi connectivity index (χ2n) is 5.21. The molecule has 3 rings (SSSR count). The van der Waals surface area contributed by atoms with Gasteiger partial charge in [0.25, 0.3) is 0 Å². The predicted molar refractivity (Wildman–Crippen MR) is 74.7 cm³/mol. The molecule has 1 aromatic carbocycles. The Labute approximate surface area is 124 Å². The molecule has 1 amide bonds. The van der Waals surface area contributed by atoms with Crippen LogP contribution in [0.4, 0.5) is 0 Å². The molecule has 1 saturated carbocycles. The molecule has 1 heterocycles. The summed E-state index contributed by atoms with van der Waals surface area (Å²) in [6, 6.07) is 4.73. The fraction of sp³-hybridized carbons (Fsp3) is 0.429. The van der Waals surface area contributed by atoms with E-state index in [0.717, 1.165) is 22.9 Å². The van der Waals surface area contributed by atoms with Crippen molar-refractivity contribution in [1.29, 1.82) is 0 Å². The number of benzene rings is 1. The van der Waals surface area contributed by atoms with Gasteiger partial charge in [0.15, 0.2) is 0 Å². The second-order valence-corrected chi connectivity index (χ2v) is 6.12. The molecule has 0 radical (unpaired) electrons. The van der Waals surface area contributed by atoms with Crippen LogP contribution in [-0.2, 0) is 9.59 Å². The minimum Gasteiger partial charge on any atom is -0.492 e. The van der Waals surface area contributed by atoms with Crippen LogP contribution >= 0.6 is 15.9 Å². The van der Waals surface area contributed by atoms with Crippen molar-refractivity contribution in [3.05, 3.63) is 28.2 Å². The standard InChI is InChI=1S/C14H14BrNO4/c15-8-3-4-11-9(5-8)10(6-20-11)13(17)16-12(14(18)19)7-1-2-7/h3-5,7,10,12H,1-2,6H2,(H,16,17)(H,18,19). The summed E-state index contributed by atoms with van der Waals surface area (Å²) in [6.45, 7) is 0.259. The lowest BCUT2D eigenvalue weighted by molar-refractivity contribution is -0.142. The van der Waals surface area contributed by atoms with Crippen molar-refractivity contribution in [3.63, 3.8) is 0 Å². The molecule has 2 atom stereocenters. The van der Waals surface area contributed by atoms with E-state index in [1.165, 1.54) is 0 Å². The number of carbonyl (C=O) groups is 2. The molecular formula is C14H14BrNO4. The van der Waals surface area contributed by atoms with Gasteiger partial charge in [0.2, 0.25) is 5.91 Å². The molecule has 0 spiro atoms. The van der Waals surface area contributed by atoms with E-state index in [1.54, 1.807) is 0 Å². The Kier molecular flexibility index (Phi) is 3.41. The van der Waals surface area contributed by atoms with Gasteiger partial charge in [-0.1, -0.05) is 15.9 Å². The Morgan fingerprint density at radius 2 is 2.15 bits per heavy atom. The van der Waals surface area contributed by atoms with Crippen LogP contribution in [0.2, 0.25) is 0 Å². The van der Waals surface area contributed by atoms with Crippen LogP contribution in [0.25, 0.3) is 0 Å². The lowest BCUT2D eigenvalue weighted by atomic mass is 10.00. The molecular weight excluding hydrogens is 326 g/mol. The highest BCUT2D eigenvalue weighted by Gasteiger charge is 2.40. The maximum absolute atomic E-state index is 12.3. The fourth-order valence-electron chi connectivity index (χ4n) is 2.47. The van der Waals surface area contributed by atoms with Crippen molar-refractivity contribution in [2.75, 3.05) is 6.61 Å². The Balaban J connectivity index is 1.76. The molecule has 1 aliphatic heterocycles. The smallest absolute Gasteiger partial charge is 0.326 e. The number of fused-ring (bicyclic) bond motifs is 1. The Morgan fingerprint density at radius 3 is 2.80 bits per heavy atom. The van der Waals surface area contributed by atoms with Gasteiger partial charge in [-0.05, 0) is 37.0 Å². The predicted octanol–water partition coefficient (Wildman–Crippen LogP) is 1.90. The Hall–Kier alpha value is -1.56. The van der Waals surface area contributed by atoms with Crippen molar-refractivity contribution in [2.45, 2.75) is 24.8 Å². The van der Waals surface area contributed by atoms with Crippen LogP contribution in [0.1, 0.15) is 24.3 Å². The number of carboxylic acid groups (broad SMARTS) is 1. The van der Waals surface area contributed by atoms with Gasteiger partial charge in [-0.25, -0.2) is 4.79 Å². The molecule has 1 aromatic rings. The van der Waals surface area contributed by atoms with Gasteiger partial charge in [-0.3, -0.25) is 4.79 Å². The van der Waals surface area contributed by atoms with E-state index in [-0.39, 0.29) is 18.4 Å². The van der Waals surface area contributed by atoms with E-state index in [0.29, 0.717) is 5.75 Å². The maximum Gasteiger partial charge on any atom is 0.326 e. The molecule has 1 aliphatic carbocycles. The average molecular weight is 340 g/mol. The summed E-state index contributed by atoms with van der Waals surface area (Å²) in [6.07, 6.45) is 1.72. The third-order valence-corrected chi connectivity index (χ3v) is 4.22. The van der Waals surface area contributed by atoms with Crippen molar-refractivity contribution in [2.24, 2.45) is 5.92 Å². The molecule has 5 nitrogen and oxygen atoms in total. The van der Waals surface area contributed by atoms with E-state index in [4.69, 9.17) is 9.84 Å². The van der Waals surface area contributed by atoms with Crippen LogP contribution in [0.15, 0.2) is 22.7 Å².